The first kappa shape index (κ1) is 16.8. The van der Waals surface area contributed by atoms with Gasteiger partial charge in [-0.1, -0.05) is 66.4 Å². The molecule has 3 aromatic carbocycles. The highest BCUT2D eigenvalue weighted by atomic mass is 16.3. The Hall–Kier alpha value is -3.02. The summed E-state index contributed by atoms with van der Waals surface area (Å²) in [5, 5.41) is 15.5. The molecule has 0 aliphatic carbocycles. The van der Waals surface area contributed by atoms with E-state index in [9.17, 15) is 5.11 Å². The highest BCUT2D eigenvalue weighted by molar-refractivity contribution is 5.86. The number of nitrogens with one attached hydrogen (secondary N) is 1. The third kappa shape index (κ3) is 4.50. The van der Waals surface area contributed by atoms with Gasteiger partial charge in [-0.3, -0.25) is 0 Å². The predicted molar refractivity (Wildman–Crippen MR) is 104 cm³/mol. The number of phenols is 1. The minimum Gasteiger partial charge on any atom is -0.508 e. The summed E-state index contributed by atoms with van der Waals surface area (Å²) in [5.74, 6) is 6.23. The minimum atomic E-state index is 0.237. The molecule has 3 aromatic rings. The number of aromatic hydroxyl groups is 1. The third-order valence-corrected chi connectivity index (χ3v) is 4.10. The highest BCUT2D eigenvalue weighted by Crippen LogP contribution is 2.23. The number of benzene rings is 3. The molecule has 25 heavy (non-hydrogen) atoms. The fourth-order valence-corrected chi connectivity index (χ4v) is 2.81. The van der Waals surface area contributed by atoms with Crippen molar-refractivity contribution in [3.63, 3.8) is 0 Å². The van der Waals surface area contributed by atoms with Crippen LogP contribution in [0.15, 0.2) is 78.9 Å². The molecule has 0 fully saturated rings. The van der Waals surface area contributed by atoms with E-state index < -0.39 is 0 Å². The first-order chi connectivity index (χ1) is 12.2. The molecule has 0 radical (unpaired) electrons. The third-order valence-electron chi connectivity index (χ3n) is 4.10. The van der Waals surface area contributed by atoms with Crippen LogP contribution in [0.2, 0.25) is 0 Å². The first-order valence-electron chi connectivity index (χ1n) is 8.40. The maximum atomic E-state index is 9.40. The molecule has 124 valence electrons. The van der Waals surface area contributed by atoms with Crippen molar-refractivity contribution < 1.29 is 5.11 Å². The summed E-state index contributed by atoms with van der Waals surface area (Å²) < 4.78 is 0. The molecule has 0 aromatic heterocycles. The van der Waals surface area contributed by atoms with Crippen molar-refractivity contribution in [2.75, 3.05) is 6.54 Å². The van der Waals surface area contributed by atoms with E-state index >= 15 is 0 Å². The maximum Gasteiger partial charge on any atom is 0.116 e. The molecular formula is C23H21NO. The first-order valence-corrected chi connectivity index (χ1v) is 8.40. The van der Waals surface area contributed by atoms with Crippen molar-refractivity contribution in [3.8, 4) is 17.6 Å². The molecule has 0 saturated heterocycles. The monoisotopic (exact) mass is 327 g/mol. The van der Waals surface area contributed by atoms with Crippen molar-refractivity contribution >= 4 is 10.8 Å². The van der Waals surface area contributed by atoms with Crippen LogP contribution in [-0.2, 0) is 0 Å². The summed E-state index contributed by atoms with van der Waals surface area (Å²) >= 11 is 0. The van der Waals surface area contributed by atoms with Crippen LogP contribution < -0.4 is 5.32 Å². The average molecular weight is 327 g/mol. The van der Waals surface area contributed by atoms with Gasteiger partial charge >= 0.3 is 0 Å². The van der Waals surface area contributed by atoms with Gasteiger partial charge < -0.3 is 10.4 Å². The molecule has 2 nitrogen and oxygen atoms in total. The SMILES string of the molecule is C[C@@H](NCC=CC#Cc1cccc(O)c1)c1cccc2ccccc12. The molecule has 3 rings (SSSR count). The minimum absolute atomic E-state index is 0.237. The summed E-state index contributed by atoms with van der Waals surface area (Å²) in [7, 11) is 0. The van der Waals surface area contributed by atoms with Crippen molar-refractivity contribution in [3.05, 3.63) is 90.0 Å². The van der Waals surface area contributed by atoms with E-state index in [1.165, 1.54) is 16.3 Å². The van der Waals surface area contributed by atoms with Gasteiger partial charge in [-0.25, -0.2) is 0 Å². The van der Waals surface area contributed by atoms with Gasteiger partial charge in [-0.15, -0.1) is 0 Å². The average Bonchev–Trinajstić information content (AvgIpc) is 2.64. The van der Waals surface area contributed by atoms with Crippen LogP contribution in [-0.4, -0.2) is 11.7 Å². The molecule has 0 spiro atoms. The van der Waals surface area contributed by atoms with Crippen LogP contribution in [0.4, 0.5) is 0 Å². The number of fused-ring (bicyclic) bond motifs is 1. The van der Waals surface area contributed by atoms with E-state index in [4.69, 9.17) is 0 Å². The number of hydrogen-bond acceptors (Lipinski definition) is 2. The van der Waals surface area contributed by atoms with Crippen molar-refractivity contribution in [2.45, 2.75) is 13.0 Å². The van der Waals surface area contributed by atoms with E-state index in [0.717, 1.165) is 12.1 Å². The smallest absolute Gasteiger partial charge is 0.116 e. The Morgan fingerprint density at radius 3 is 2.72 bits per heavy atom. The molecule has 0 aliphatic heterocycles. The quantitative estimate of drug-likeness (QED) is 0.674. The Balaban J connectivity index is 1.58. The molecule has 0 unspecified atom stereocenters. The Morgan fingerprint density at radius 2 is 1.84 bits per heavy atom. The van der Waals surface area contributed by atoms with E-state index in [1.54, 1.807) is 18.2 Å². The maximum absolute atomic E-state index is 9.40. The summed E-state index contributed by atoms with van der Waals surface area (Å²) in [6, 6.07) is 22.1. The topological polar surface area (TPSA) is 32.3 Å². The predicted octanol–water partition coefficient (Wildman–Crippen LogP) is 4.80. The largest absolute Gasteiger partial charge is 0.508 e. The number of allylic oxidation sites excluding steroid dienone is 1. The lowest BCUT2D eigenvalue weighted by atomic mass is 10.00. The molecule has 0 amide bonds. The fourth-order valence-electron chi connectivity index (χ4n) is 2.81. The van der Waals surface area contributed by atoms with Crippen molar-refractivity contribution in [2.24, 2.45) is 0 Å². The molecule has 1 atom stereocenters. The number of hydrogen-bond donors (Lipinski definition) is 2. The van der Waals surface area contributed by atoms with Gasteiger partial charge in [0.05, 0.1) is 0 Å². The van der Waals surface area contributed by atoms with Crippen LogP contribution in [0, 0.1) is 11.8 Å². The molecule has 0 heterocycles. The van der Waals surface area contributed by atoms with Gasteiger partial charge in [0.2, 0.25) is 0 Å². The summed E-state index contributed by atoms with van der Waals surface area (Å²) in [4.78, 5) is 0. The second kappa shape index (κ2) is 8.19. The lowest BCUT2D eigenvalue weighted by Gasteiger charge is -2.15. The van der Waals surface area contributed by atoms with E-state index in [-0.39, 0.29) is 11.8 Å². The molecule has 2 N–H and O–H groups in total. The van der Waals surface area contributed by atoms with Crippen LogP contribution in [0.5, 0.6) is 5.75 Å². The Kier molecular flexibility index (Phi) is 5.51. The van der Waals surface area contributed by atoms with E-state index in [0.29, 0.717) is 0 Å². The summed E-state index contributed by atoms with van der Waals surface area (Å²) in [6.45, 7) is 2.92. The Labute approximate surface area is 148 Å². The lowest BCUT2D eigenvalue weighted by molar-refractivity contribution is 0.475. The number of rotatable bonds is 4. The van der Waals surface area contributed by atoms with Gasteiger partial charge in [0.15, 0.2) is 0 Å². The second-order valence-corrected chi connectivity index (χ2v) is 5.92. The van der Waals surface area contributed by atoms with Crippen LogP contribution in [0.3, 0.4) is 0 Å². The van der Waals surface area contributed by atoms with Crippen molar-refractivity contribution in [1.82, 2.24) is 5.32 Å². The lowest BCUT2D eigenvalue weighted by Crippen LogP contribution is -2.18. The van der Waals surface area contributed by atoms with Gasteiger partial charge in [-0.05, 0) is 47.5 Å². The molecule has 2 heteroatoms. The Morgan fingerprint density at radius 1 is 1.04 bits per heavy atom. The summed E-state index contributed by atoms with van der Waals surface area (Å²) in [5.41, 5.74) is 2.11. The highest BCUT2D eigenvalue weighted by Gasteiger charge is 2.07. The molecular weight excluding hydrogens is 306 g/mol. The normalized spacial score (nSPS) is 12.0. The van der Waals surface area contributed by atoms with E-state index in [2.05, 4.69) is 66.5 Å². The fraction of sp³-hybridized carbons (Fsp3) is 0.130. The number of phenolic OH excluding ortho intramolecular Hbond substituents is 1. The van der Waals surface area contributed by atoms with Crippen molar-refractivity contribution in [1.29, 1.82) is 0 Å². The molecule has 0 saturated carbocycles. The zero-order valence-electron chi connectivity index (χ0n) is 14.2. The van der Waals surface area contributed by atoms with Gasteiger partial charge in [0, 0.05) is 18.2 Å². The van der Waals surface area contributed by atoms with Crippen LogP contribution in [0.25, 0.3) is 10.8 Å². The van der Waals surface area contributed by atoms with Gasteiger partial charge in [0.1, 0.15) is 5.75 Å². The molecule has 0 aliphatic rings. The van der Waals surface area contributed by atoms with Crippen LogP contribution >= 0.6 is 0 Å². The summed E-state index contributed by atoms with van der Waals surface area (Å²) in [6.07, 6.45) is 3.85. The Bertz CT molecular complexity index is 941. The van der Waals surface area contributed by atoms with E-state index in [1.807, 2.05) is 18.2 Å². The van der Waals surface area contributed by atoms with Gasteiger partial charge in [-0.2, -0.15) is 0 Å². The van der Waals surface area contributed by atoms with Crippen LogP contribution in [0.1, 0.15) is 24.1 Å². The standard InChI is InChI=1S/C23H21NO/c1-18(22-15-8-12-20-11-4-5-14-23(20)22)24-16-6-2-3-9-19-10-7-13-21(25)17-19/h2,4-8,10-15,17-18,24-25H,16H2,1H3/t18-/m1/s1. The van der Waals surface area contributed by atoms with Gasteiger partial charge in [0.25, 0.3) is 0 Å². The zero-order valence-corrected chi connectivity index (χ0v) is 14.2. The zero-order chi connectivity index (χ0) is 17.5. The second-order valence-electron chi connectivity index (χ2n) is 5.92. The molecule has 0 bridgehead atoms.